The molecule has 7 nitrogen and oxygen atoms in total. The van der Waals surface area contributed by atoms with Gasteiger partial charge >= 0.3 is 0 Å². The van der Waals surface area contributed by atoms with Crippen LogP contribution in [0.4, 0.5) is 5.69 Å². The van der Waals surface area contributed by atoms with Crippen LogP contribution in [0.25, 0.3) is 0 Å². The Morgan fingerprint density at radius 2 is 1.86 bits per heavy atom. The first-order valence-corrected chi connectivity index (χ1v) is 6.29. The maximum absolute atomic E-state index is 12.3. The van der Waals surface area contributed by atoms with Gasteiger partial charge in [0.1, 0.15) is 0 Å². The van der Waals surface area contributed by atoms with Gasteiger partial charge in [-0.05, 0) is 13.0 Å². The molecule has 0 aromatic heterocycles. The average molecular weight is 286 g/mol. The molecule has 0 unspecified atom stereocenters. The standard InChI is InChI=1S/C14H14N4O3/c1-11-4-5-12(10-13(11)18(20)21)14(19)17(8-2-6-15)9-3-7-16/h4-5,10H,2-3,8-9H2,1H3. The normalized spacial score (nSPS) is 9.48. The van der Waals surface area contributed by atoms with Gasteiger partial charge in [0.05, 0.1) is 29.9 Å². The van der Waals surface area contributed by atoms with Gasteiger partial charge in [-0.25, -0.2) is 0 Å². The quantitative estimate of drug-likeness (QED) is 0.587. The van der Waals surface area contributed by atoms with Crippen molar-refractivity contribution in [2.24, 2.45) is 0 Å². The van der Waals surface area contributed by atoms with Crippen LogP contribution in [0.2, 0.25) is 0 Å². The van der Waals surface area contributed by atoms with E-state index in [0.717, 1.165) is 0 Å². The largest absolute Gasteiger partial charge is 0.337 e. The lowest BCUT2D eigenvalue weighted by molar-refractivity contribution is -0.385. The molecule has 1 rings (SSSR count). The first-order valence-electron chi connectivity index (χ1n) is 6.29. The number of rotatable bonds is 6. The van der Waals surface area contributed by atoms with E-state index in [0.29, 0.717) is 5.56 Å². The number of nitro groups is 1. The highest BCUT2D eigenvalue weighted by atomic mass is 16.6. The van der Waals surface area contributed by atoms with Crippen LogP contribution in [0.15, 0.2) is 18.2 Å². The number of carbonyl (C=O) groups is 1. The van der Waals surface area contributed by atoms with E-state index in [1.165, 1.54) is 23.1 Å². The first kappa shape index (κ1) is 16.1. The summed E-state index contributed by atoms with van der Waals surface area (Å²) in [6, 6.07) is 8.12. The Bertz CT molecular complexity index is 610. The topological polar surface area (TPSA) is 111 Å². The van der Waals surface area contributed by atoms with E-state index in [1.807, 2.05) is 12.1 Å². The fourth-order valence-corrected chi connectivity index (χ4v) is 1.81. The average Bonchev–Trinajstić information content (AvgIpc) is 2.47. The maximum Gasteiger partial charge on any atom is 0.273 e. The van der Waals surface area contributed by atoms with E-state index >= 15 is 0 Å². The molecule has 7 heteroatoms. The zero-order chi connectivity index (χ0) is 15.8. The summed E-state index contributed by atoms with van der Waals surface area (Å²) in [7, 11) is 0. The molecule has 1 aromatic rings. The summed E-state index contributed by atoms with van der Waals surface area (Å²) in [5, 5.41) is 28.1. The summed E-state index contributed by atoms with van der Waals surface area (Å²) in [5.41, 5.74) is 0.529. The number of amides is 1. The molecule has 1 aromatic carbocycles. The number of carbonyl (C=O) groups excluding carboxylic acids is 1. The van der Waals surface area contributed by atoms with Crippen molar-refractivity contribution in [1.82, 2.24) is 4.90 Å². The van der Waals surface area contributed by atoms with E-state index in [2.05, 4.69) is 0 Å². The van der Waals surface area contributed by atoms with E-state index in [9.17, 15) is 14.9 Å². The lowest BCUT2D eigenvalue weighted by Gasteiger charge is -2.20. The van der Waals surface area contributed by atoms with Crippen LogP contribution >= 0.6 is 0 Å². The van der Waals surface area contributed by atoms with E-state index in [-0.39, 0.29) is 37.2 Å². The van der Waals surface area contributed by atoms with Gasteiger partial charge in [0.25, 0.3) is 11.6 Å². The highest BCUT2D eigenvalue weighted by Crippen LogP contribution is 2.20. The van der Waals surface area contributed by atoms with Gasteiger partial charge in [-0.1, -0.05) is 6.07 Å². The Kier molecular flexibility index (Phi) is 5.84. The summed E-state index contributed by atoms with van der Waals surface area (Å²) in [5.74, 6) is -0.413. The van der Waals surface area contributed by atoms with E-state index < -0.39 is 10.8 Å². The second-order valence-corrected chi connectivity index (χ2v) is 4.37. The van der Waals surface area contributed by atoms with Gasteiger partial charge in [-0.15, -0.1) is 0 Å². The zero-order valence-corrected chi connectivity index (χ0v) is 11.6. The molecule has 0 bridgehead atoms. The Hall–Kier alpha value is -2.93. The van der Waals surface area contributed by atoms with Crippen molar-refractivity contribution in [2.75, 3.05) is 13.1 Å². The van der Waals surface area contributed by atoms with Crippen molar-refractivity contribution in [3.05, 3.63) is 39.4 Å². The number of nitro benzene ring substituents is 1. The molecule has 0 aliphatic rings. The number of nitriles is 2. The molecule has 0 spiro atoms. The Morgan fingerprint density at radius 3 is 2.33 bits per heavy atom. The third-order valence-corrected chi connectivity index (χ3v) is 2.93. The number of nitrogens with zero attached hydrogens (tertiary/aromatic N) is 4. The molecule has 0 aliphatic carbocycles. The molecular formula is C14H14N4O3. The second kappa shape index (κ2) is 7.61. The van der Waals surface area contributed by atoms with Crippen LogP contribution < -0.4 is 0 Å². The summed E-state index contributed by atoms with van der Waals surface area (Å²) in [6.45, 7) is 1.98. The third kappa shape index (κ3) is 4.29. The zero-order valence-electron chi connectivity index (χ0n) is 11.6. The van der Waals surface area contributed by atoms with Crippen LogP contribution in [0, 0.1) is 39.7 Å². The van der Waals surface area contributed by atoms with Gasteiger partial charge in [0.2, 0.25) is 0 Å². The molecule has 0 fully saturated rings. The third-order valence-electron chi connectivity index (χ3n) is 2.93. The molecule has 0 aliphatic heterocycles. The van der Waals surface area contributed by atoms with E-state index in [4.69, 9.17) is 10.5 Å². The summed E-state index contributed by atoms with van der Waals surface area (Å²) in [4.78, 5) is 24.1. The molecule has 0 saturated heterocycles. The van der Waals surface area contributed by atoms with Gasteiger partial charge in [0.15, 0.2) is 0 Å². The highest BCUT2D eigenvalue weighted by Gasteiger charge is 2.19. The predicted octanol–water partition coefficient (Wildman–Crippen LogP) is 2.17. The van der Waals surface area contributed by atoms with Gasteiger partial charge in [-0.3, -0.25) is 14.9 Å². The van der Waals surface area contributed by atoms with Crippen LogP contribution in [0.3, 0.4) is 0 Å². The van der Waals surface area contributed by atoms with Crippen molar-refractivity contribution in [1.29, 1.82) is 10.5 Å². The lowest BCUT2D eigenvalue weighted by atomic mass is 10.1. The molecule has 21 heavy (non-hydrogen) atoms. The molecule has 0 radical (unpaired) electrons. The predicted molar refractivity (Wildman–Crippen MR) is 74.2 cm³/mol. The van der Waals surface area contributed by atoms with Crippen molar-refractivity contribution in [3.8, 4) is 12.1 Å². The molecule has 0 N–H and O–H groups in total. The minimum absolute atomic E-state index is 0.124. The molecule has 0 atom stereocenters. The minimum atomic E-state index is -0.541. The van der Waals surface area contributed by atoms with Gasteiger partial charge in [-0.2, -0.15) is 10.5 Å². The SMILES string of the molecule is Cc1ccc(C(=O)N(CCC#N)CCC#N)cc1[N+](=O)[O-]. The highest BCUT2D eigenvalue weighted by molar-refractivity contribution is 5.95. The molecule has 108 valence electrons. The Balaban J connectivity index is 3.03. The Morgan fingerprint density at radius 1 is 1.29 bits per heavy atom. The van der Waals surface area contributed by atoms with Crippen LogP contribution in [0.1, 0.15) is 28.8 Å². The number of hydrogen-bond donors (Lipinski definition) is 0. The fourth-order valence-electron chi connectivity index (χ4n) is 1.81. The minimum Gasteiger partial charge on any atom is -0.337 e. The maximum atomic E-state index is 12.3. The summed E-state index contributed by atoms with van der Waals surface area (Å²) >= 11 is 0. The fraction of sp³-hybridized carbons (Fsp3) is 0.357. The number of benzene rings is 1. The molecule has 0 heterocycles. The molecular weight excluding hydrogens is 272 g/mol. The monoisotopic (exact) mass is 286 g/mol. The smallest absolute Gasteiger partial charge is 0.273 e. The van der Waals surface area contributed by atoms with Crippen LogP contribution in [0.5, 0.6) is 0 Å². The van der Waals surface area contributed by atoms with Crippen molar-refractivity contribution >= 4 is 11.6 Å². The van der Waals surface area contributed by atoms with Crippen LogP contribution in [-0.4, -0.2) is 28.8 Å². The van der Waals surface area contributed by atoms with Crippen LogP contribution in [-0.2, 0) is 0 Å². The first-order chi connectivity index (χ1) is 10.0. The van der Waals surface area contributed by atoms with E-state index in [1.54, 1.807) is 6.92 Å². The summed E-state index contributed by atoms with van der Waals surface area (Å²) < 4.78 is 0. The molecule has 1 amide bonds. The number of hydrogen-bond acceptors (Lipinski definition) is 5. The second-order valence-electron chi connectivity index (χ2n) is 4.37. The van der Waals surface area contributed by atoms with Gasteiger partial charge < -0.3 is 4.90 Å². The van der Waals surface area contributed by atoms with Gasteiger partial charge in [0, 0.05) is 30.3 Å². The molecule has 0 saturated carbocycles. The number of aryl methyl sites for hydroxylation is 1. The summed E-state index contributed by atoms with van der Waals surface area (Å²) in [6.07, 6.45) is 0.288. The van der Waals surface area contributed by atoms with Crippen molar-refractivity contribution in [2.45, 2.75) is 19.8 Å². The Labute approximate surface area is 122 Å². The lowest BCUT2D eigenvalue weighted by Crippen LogP contribution is -2.32. The van der Waals surface area contributed by atoms with Crippen molar-refractivity contribution in [3.63, 3.8) is 0 Å². The van der Waals surface area contributed by atoms with Crippen molar-refractivity contribution < 1.29 is 9.72 Å².